The van der Waals surface area contributed by atoms with Crippen molar-refractivity contribution >= 4 is 23.0 Å². The third-order valence-corrected chi connectivity index (χ3v) is 3.81. The van der Waals surface area contributed by atoms with Crippen LogP contribution in [0.1, 0.15) is 25.7 Å². The molecule has 0 spiro atoms. The highest BCUT2D eigenvalue weighted by atomic mass is 32.1. The summed E-state index contributed by atoms with van der Waals surface area (Å²) in [6.45, 7) is 0. The molecule has 3 rings (SSSR count). The minimum absolute atomic E-state index is 0.514. The third-order valence-electron chi connectivity index (χ3n) is 3.13. The molecule has 0 saturated heterocycles. The predicted molar refractivity (Wildman–Crippen MR) is 64.6 cm³/mol. The van der Waals surface area contributed by atoms with Gasteiger partial charge in [-0.15, -0.1) is 0 Å². The first-order valence-corrected chi connectivity index (χ1v) is 6.50. The fourth-order valence-electron chi connectivity index (χ4n) is 2.35. The van der Waals surface area contributed by atoms with Crippen molar-refractivity contribution in [3.63, 3.8) is 0 Å². The molecule has 15 heavy (non-hydrogen) atoms. The maximum Gasteiger partial charge on any atom is 0.196 e. The second kappa shape index (κ2) is 3.85. The van der Waals surface area contributed by atoms with Gasteiger partial charge in [0.2, 0.25) is 0 Å². The van der Waals surface area contributed by atoms with E-state index in [9.17, 15) is 0 Å². The molecule has 0 aromatic carbocycles. The lowest BCUT2D eigenvalue weighted by Gasteiger charge is -2.22. The number of hydrogen-bond acceptors (Lipinski definition) is 4. The van der Waals surface area contributed by atoms with E-state index in [0.717, 1.165) is 11.6 Å². The molecule has 2 heterocycles. The van der Waals surface area contributed by atoms with Crippen LogP contribution in [-0.2, 0) is 0 Å². The number of nitrogens with zero attached hydrogens (tertiary/aromatic N) is 1. The van der Waals surface area contributed by atoms with Crippen LogP contribution < -0.4 is 10.6 Å². The molecule has 1 aromatic heterocycles. The summed E-state index contributed by atoms with van der Waals surface area (Å²) in [5.41, 5.74) is 1.14. The third kappa shape index (κ3) is 1.86. The molecule has 1 fully saturated rings. The molecular formula is C11H15N3S. The van der Waals surface area contributed by atoms with Gasteiger partial charge < -0.3 is 10.6 Å². The maximum absolute atomic E-state index is 4.68. The molecule has 2 atom stereocenters. The number of fused-ring (bicyclic) bond motifs is 1. The minimum atomic E-state index is 0.514. The quantitative estimate of drug-likeness (QED) is 0.764. The van der Waals surface area contributed by atoms with Gasteiger partial charge in [0.05, 0.1) is 17.8 Å². The molecular weight excluding hydrogens is 206 g/mol. The monoisotopic (exact) mass is 221 g/mol. The van der Waals surface area contributed by atoms with Gasteiger partial charge in [0.15, 0.2) is 5.96 Å². The molecule has 3 nitrogen and oxygen atoms in total. The van der Waals surface area contributed by atoms with Crippen LogP contribution in [0, 0.1) is 0 Å². The minimum Gasteiger partial charge on any atom is -0.351 e. The Bertz CT molecular complexity index is 358. The summed E-state index contributed by atoms with van der Waals surface area (Å²) in [4.78, 5) is 4.68. The summed E-state index contributed by atoms with van der Waals surface area (Å²) in [5.74, 6) is 0.963. The number of rotatable bonds is 1. The largest absolute Gasteiger partial charge is 0.351 e. The van der Waals surface area contributed by atoms with Gasteiger partial charge in [0.25, 0.3) is 0 Å². The van der Waals surface area contributed by atoms with E-state index in [1.807, 2.05) is 0 Å². The van der Waals surface area contributed by atoms with E-state index >= 15 is 0 Å². The topological polar surface area (TPSA) is 36.4 Å². The Hall–Kier alpha value is -1.03. The summed E-state index contributed by atoms with van der Waals surface area (Å²) in [5, 5.41) is 11.0. The van der Waals surface area contributed by atoms with E-state index in [-0.39, 0.29) is 0 Å². The van der Waals surface area contributed by atoms with Crippen LogP contribution in [0.25, 0.3) is 0 Å². The summed E-state index contributed by atoms with van der Waals surface area (Å²) < 4.78 is 0. The molecule has 80 valence electrons. The van der Waals surface area contributed by atoms with Crippen LogP contribution in [0.5, 0.6) is 0 Å². The van der Waals surface area contributed by atoms with Crippen molar-refractivity contribution in [1.29, 1.82) is 0 Å². The lowest BCUT2D eigenvalue weighted by Crippen LogP contribution is -2.38. The Balaban J connectivity index is 1.68. The van der Waals surface area contributed by atoms with Gasteiger partial charge in [0.1, 0.15) is 0 Å². The average Bonchev–Trinajstić information content (AvgIpc) is 2.86. The molecule has 1 saturated carbocycles. The number of anilines is 1. The SMILES string of the molecule is c1cc(NC2=NC3CCCCC3N2)cs1. The van der Waals surface area contributed by atoms with Crippen LogP contribution in [0.3, 0.4) is 0 Å². The Kier molecular flexibility index (Phi) is 2.37. The first-order valence-electron chi connectivity index (χ1n) is 5.55. The molecule has 2 unspecified atom stereocenters. The van der Waals surface area contributed by atoms with Gasteiger partial charge in [0, 0.05) is 5.38 Å². The van der Waals surface area contributed by atoms with Crippen molar-refractivity contribution < 1.29 is 0 Å². The van der Waals surface area contributed by atoms with Crippen LogP contribution in [0.15, 0.2) is 21.8 Å². The highest BCUT2D eigenvalue weighted by Crippen LogP contribution is 2.25. The number of aliphatic imine (C=N–C) groups is 1. The van der Waals surface area contributed by atoms with Crippen molar-refractivity contribution in [2.45, 2.75) is 37.8 Å². The van der Waals surface area contributed by atoms with Gasteiger partial charge in [-0.3, -0.25) is 0 Å². The smallest absolute Gasteiger partial charge is 0.196 e. The van der Waals surface area contributed by atoms with Gasteiger partial charge in [-0.1, -0.05) is 12.8 Å². The maximum atomic E-state index is 4.68. The van der Waals surface area contributed by atoms with Crippen molar-refractivity contribution in [2.75, 3.05) is 5.32 Å². The molecule has 1 aliphatic heterocycles. The first kappa shape index (κ1) is 9.21. The molecule has 4 heteroatoms. The van der Waals surface area contributed by atoms with E-state index in [2.05, 4.69) is 32.5 Å². The Morgan fingerprint density at radius 3 is 3.13 bits per heavy atom. The zero-order valence-electron chi connectivity index (χ0n) is 8.57. The van der Waals surface area contributed by atoms with Crippen molar-refractivity contribution in [1.82, 2.24) is 5.32 Å². The highest BCUT2D eigenvalue weighted by Gasteiger charge is 2.30. The predicted octanol–water partition coefficient (Wildman–Crippen LogP) is 2.43. The van der Waals surface area contributed by atoms with Crippen molar-refractivity contribution in [3.05, 3.63) is 16.8 Å². The molecule has 2 N–H and O–H groups in total. The number of guanidine groups is 1. The number of thiophene rings is 1. The fourth-order valence-corrected chi connectivity index (χ4v) is 2.94. The Morgan fingerprint density at radius 1 is 1.40 bits per heavy atom. The number of nitrogens with one attached hydrogen (secondary N) is 2. The second-order valence-electron chi connectivity index (χ2n) is 4.22. The summed E-state index contributed by atoms with van der Waals surface area (Å²) >= 11 is 1.70. The molecule has 1 aliphatic carbocycles. The normalized spacial score (nSPS) is 29.2. The van der Waals surface area contributed by atoms with Crippen molar-refractivity contribution in [2.24, 2.45) is 4.99 Å². The van der Waals surface area contributed by atoms with Gasteiger partial charge >= 0.3 is 0 Å². The molecule has 0 bridgehead atoms. The Labute approximate surface area is 93.6 Å². The lowest BCUT2D eigenvalue weighted by molar-refractivity contribution is 0.384. The fraction of sp³-hybridized carbons (Fsp3) is 0.545. The van der Waals surface area contributed by atoms with E-state index < -0.39 is 0 Å². The lowest BCUT2D eigenvalue weighted by atomic mass is 9.92. The Morgan fingerprint density at radius 2 is 2.33 bits per heavy atom. The van der Waals surface area contributed by atoms with Crippen LogP contribution >= 0.6 is 11.3 Å². The summed E-state index contributed by atoms with van der Waals surface area (Å²) in [6, 6.07) is 3.18. The standard InChI is InChI=1S/C11H15N3S/c1-2-4-10-9(3-1)13-11(14-10)12-8-5-6-15-7-8/h5-7,9-10H,1-4H2,(H2,12,13,14). The zero-order chi connectivity index (χ0) is 10.1. The van der Waals surface area contributed by atoms with E-state index in [4.69, 9.17) is 0 Å². The van der Waals surface area contributed by atoms with Crippen LogP contribution in [0.2, 0.25) is 0 Å². The first-order chi connectivity index (χ1) is 7.42. The summed E-state index contributed by atoms with van der Waals surface area (Å²) in [6.07, 6.45) is 5.18. The van der Waals surface area contributed by atoms with Gasteiger partial charge in [-0.2, -0.15) is 11.3 Å². The van der Waals surface area contributed by atoms with E-state index in [1.54, 1.807) is 11.3 Å². The second-order valence-corrected chi connectivity index (χ2v) is 5.00. The highest BCUT2D eigenvalue weighted by molar-refractivity contribution is 7.08. The van der Waals surface area contributed by atoms with Crippen molar-refractivity contribution in [3.8, 4) is 0 Å². The average molecular weight is 221 g/mol. The molecule has 1 aromatic rings. The van der Waals surface area contributed by atoms with Crippen LogP contribution in [-0.4, -0.2) is 18.0 Å². The molecule has 2 aliphatic rings. The number of hydrogen-bond donors (Lipinski definition) is 2. The summed E-state index contributed by atoms with van der Waals surface area (Å²) in [7, 11) is 0. The van der Waals surface area contributed by atoms with Gasteiger partial charge in [-0.25, -0.2) is 4.99 Å². The van der Waals surface area contributed by atoms with Crippen LogP contribution in [0.4, 0.5) is 5.69 Å². The van der Waals surface area contributed by atoms with E-state index in [0.29, 0.717) is 12.1 Å². The zero-order valence-corrected chi connectivity index (χ0v) is 9.39. The molecule has 0 radical (unpaired) electrons. The van der Waals surface area contributed by atoms with E-state index in [1.165, 1.54) is 25.7 Å². The molecule has 0 amide bonds. The van der Waals surface area contributed by atoms with Gasteiger partial charge in [-0.05, 0) is 24.3 Å².